The van der Waals surface area contributed by atoms with Gasteiger partial charge in [0.15, 0.2) is 11.5 Å². The summed E-state index contributed by atoms with van der Waals surface area (Å²) in [6.07, 6.45) is 0. The maximum Gasteiger partial charge on any atom is 0.259 e. The Hall–Kier alpha value is -2.82. The van der Waals surface area contributed by atoms with Gasteiger partial charge in [0.1, 0.15) is 5.82 Å². The molecule has 0 saturated carbocycles. The Labute approximate surface area is 113 Å². The number of fused-ring (bicyclic) bond motifs is 2. The summed E-state index contributed by atoms with van der Waals surface area (Å²) in [4.78, 5) is 19.3. The highest BCUT2D eigenvalue weighted by molar-refractivity contribution is 5.79. The summed E-state index contributed by atoms with van der Waals surface area (Å²) in [6.45, 7) is 0.223. The summed E-state index contributed by atoms with van der Waals surface area (Å²) < 4.78 is 10.6. The zero-order chi connectivity index (χ0) is 13.5. The Balaban J connectivity index is 1.92. The van der Waals surface area contributed by atoms with Crippen LogP contribution in [0.3, 0.4) is 0 Å². The monoisotopic (exact) mass is 266 g/mol. The van der Waals surface area contributed by atoms with Gasteiger partial charge in [0.25, 0.3) is 5.56 Å². The molecule has 98 valence electrons. The third kappa shape index (κ3) is 1.64. The molecule has 5 nitrogen and oxygen atoms in total. The van der Waals surface area contributed by atoms with Gasteiger partial charge in [0.05, 0.1) is 10.9 Å². The molecule has 1 aliphatic heterocycles. The van der Waals surface area contributed by atoms with Crippen LogP contribution in [0.2, 0.25) is 0 Å². The lowest BCUT2D eigenvalue weighted by atomic mass is 10.1. The lowest BCUT2D eigenvalue weighted by Gasteiger charge is -2.04. The molecule has 0 saturated heterocycles. The molecule has 2 aromatic carbocycles. The molecular formula is C15H10N2O3. The van der Waals surface area contributed by atoms with Crippen molar-refractivity contribution in [2.24, 2.45) is 0 Å². The van der Waals surface area contributed by atoms with Crippen molar-refractivity contribution in [2.75, 3.05) is 6.79 Å². The van der Waals surface area contributed by atoms with E-state index < -0.39 is 0 Å². The van der Waals surface area contributed by atoms with Gasteiger partial charge in [0, 0.05) is 5.56 Å². The highest BCUT2D eigenvalue weighted by Gasteiger charge is 2.15. The quantitative estimate of drug-likeness (QED) is 0.734. The van der Waals surface area contributed by atoms with Gasteiger partial charge in [-0.05, 0) is 30.3 Å². The number of H-pyrrole nitrogens is 1. The van der Waals surface area contributed by atoms with E-state index in [9.17, 15) is 4.79 Å². The minimum atomic E-state index is -0.150. The molecule has 0 unspecified atom stereocenters. The fraction of sp³-hybridized carbons (Fsp3) is 0.0667. The van der Waals surface area contributed by atoms with E-state index in [-0.39, 0.29) is 12.4 Å². The standard InChI is InChI=1S/C15H10N2O3/c18-15-10-3-1-2-4-11(10)16-14(17-15)9-5-6-12-13(7-9)20-8-19-12/h1-7H,8H2,(H,16,17,18). The number of hydrogen-bond donors (Lipinski definition) is 1. The van der Waals surface area contributed by atoms with Gasteiger partial charge in [-0.15, -0.1) is 0 Å². The van der Waals surface area contributed by atoms with Gasteiger partial charge in [-0.1, -0.05) is 12.1 Å². The van der Waals surface area contributed by atoms with E-state index in [1.807, 2.05) is 36.4 Å². The highest BCUT2D eigenvalue weighted by Crippen LogP contribution is 2.34. The van der Waals surface area contributed by atoms with E-state index in [0.717, 1.165) is 5.56 Å². The Morgan fingerprint density at radius 3 is 2.85 bits per heavy atom. The lowest BCUT2D eigenvalue weighted by Crippen LogP contribution is -2.09. The number of aromatic amines is 1. The van der Waals surface area contributed by atoms with Crippen LogP contribution in [0.5, 0.6) is 11.5 Å². The number of ether oxygens (including phenoxy) is 2. The molecule has 0 radical (unpaired) electrons. The number of hydrogen-bond acceptors (Lipinski definition) is 4. The molecule has 0 bridgehead atoms. The fourth-order valence-electron chi connectivity index (χ4n) is 2.27. The zero-order valence-corrected chi connectivity index (χ0v) is 10.4. The molecular weight excluding hydrogens is 256 g/mol. The molecule has 1 N–H and O–H groups in total. The van der Waals surface area contributed by atoms with E-state index >= 15 is 0 Å². The summed E-state index contributed by atoms with van der Waals surface area (Å²) >= 11 is 0. The van der Waals surface area contributed by atoms with Crippen LogP contribution in [0, 0.1) is 0 Å². The average molecular weight is 266 g/mol. The summed E-state index contributed by atoms with van der Waals surface area (Å²) in [6, 6.07) is 12.7. The molecule has 0 fully saturated rings. The maximum absolute atomic E-state index is 12.1. The Morgan fingerprint density at radius 1 is 1.05 bits per heavy atom. The second kappa shape index (κ2) is 4.09. The predicted molar refractivity (Wildman–Crippen MR) is 73.9 cm³/mol. The van der Waals surface area contributed by atoms with Gasteiger partial charge in [-0.3, -0.25) is 4.79 Å². The van der Waals surface area contributed by atoms with Crippen molar-refractivity contribution in [2.45, 2.75) is 0 Å². The third-order valence-corrected chi connectivity index (χ3v) is 3.26. The van der Waals surface area contributed by atoms with E-state index in [4.69, 9.17) is 9.47 Å². The summed E-state index contributed by atoms with van der Waals surface area (Å²) in [5.74, 6) is 1.89. The average Bonchev–Trinajstić information content (AvgIpc) is 2.94. The first-order chi connectivity index (χ1) is 9.81. The van der Waals surface area contributed by atoms with Gasteiger partial charge >= 0.3 is 0 Å². The van der Waals surface area contributed by atoms with Gasteiger partial charge in [0.2, 0.25) is 6.79 Å². The van der Waals surface area contributed by atoms with Crippen molar-refractivity contribution < 1.29 is 9.47 Å². The van der Waals surface area contributed by atoms with Crippen LogP contribution in [-0.4, -0.2) is 16.8 Å². The molecule has 0 atom stereocenters. The van der Waals surface area contributed by atoms with Crippen molar-refractivity contribution in [3.8, 4) is 22.9 Å². The number of aromatic nitrogens is 2. The van der Waals surface area contributed by atoms with E-state index in [0.29, 0.717) is 28.2 Å². The van der Waals surface area contributed by atoms with E-state index in [1.165, 1.54) is 0 Å². The topological polar surface area (TPSA) is 64.2 Å². The summed E-state index contributed by atoms with van der Waals surface area (Å²) in [7, 11) is 0. The van der Waals surface area contributed by atoms with Crippen LogP contribution in [0.4, 0.5) is 0 Å². The van der Waals surface area contributed by atoms with Crippen molar-refractivity contribution in [1.82, 2.24) is 9.97 Å². The van der Waals surface area contributed by atoms with Crippen molar-refractivity contribution in [3.05, 3.63) is 52.8 Å². The first-order valence-electron chi connectivity index (χ1n) is 6.20. The predicted octanol–water partition coefficient (Wildman–Crippen LogP) is 2.32. The largest absolute Gasteiger partial charge is 0.454 e. The van der Waals surface area contributed by atoms with Crippen LogP contribution >= 0.6 is 0 Å². The fourth-order valence-corrected chi connectivity index (χ4v) is 2.27. The van der Waals surface area contributed by atoms with Gasteiger partial charge in [-0.25, -0.2) is 4.98 Å². The molecule has 3 aromatic rings. The van der Waals surface area contributed by atoms with Crippen molar-refractivity contribution in [1.29, 1.82) is 0 Å². The third-order valence-electron chi connectivity index (χ3n) is 3.26. The number of nitrogens with one attached hydrogen (secondary N) is 1. The zero-order valence-electron chi connectivity index (χ0n) is 10.4. The van der Waals surface area contributed by atoms with Crippen LogP contribution in [-0.2, 0) is 0 Å². The normalized spacial score (nSPS) is 12.8. The number of para-hydroxylation sites is 1. The van der Waals surface area contributed by atoms with Crippen molar-refractivity contribution in [3.63, 3.8) is 0 Å². The SMILES string of the molecule is O=c1[nH]c(-c2ccc3c(c2)OCO3)nc2ccccc12. The second-order valence-corrected chi connectivity index (χ2v) is 4.50. The molecule has 4 rings (SSSR count). The van der Waals surface area contributed by atoms with Gasteiger partial charge in [-0.2, -0.15) is 0 Å². The summed E-state index contributed by atoms with van der Waals surface area (Å²) in [5, 5.41) is 0.581. The van der Waals surface area contributed by atoms with Crippen LogP contribution < -0.4 is 15.0 Å². The Morgan fingerprint density at radius 2 is 1.90 bits per heavy atom. The lowest BCUT2D eigenvalue weighted by molar-refractivity contribution is 0.174. The number of nitrogens with zero attached hydrogens (tertiary/aromatic N) is 1. The van der Waals surface area contributed by atoms with Gasteiger partial charge < -0.3 is 14.5 Å². The molecule has 5 heteroatoms. The Bertz CT molecular complexity index is 870. The van der Waals surface area contributed by atoms with Crippen LogP contribution in [0.25, 0.3) is 22.3 Å². The minimum absolute atomic E-state index is 0.150. The number of rotatable bonds is 1. The molecule has 0 aliphatic carbocycles. The van der Waals surface area contributed by atoms with Crippen LogP contribution in [0.15, 0.2) is 47.3 Å². The molecule has 0 spiro atoms. The van der Waals surface area contributed by atoms with E-state index in [1.54, 1.807) is 6.07 Å². The number of benzene rings is 2. The smallest absolute Gasteiger partial charge is 0.259 e. The molecule has 1 aromatic heterocycles. The highest BCUT2D eigenvalue weighted by atomic mass is 16.7. The second-order valence-electron chi connectivity index (χ2n) is 4.50. The molecule has 0 amide bonds. The first kappa shape index (κ1) is 11.0. The maximum atomic E-state index is 12.1. The molecule has 1 aliphatic rings. The molecule has 20 heavy (non-hydrogen) atoms. The molecule has 2 heterocycles. The van der Waals surface area contributed by atoms with Crippen LogP contribution in [0.1, 0.15) is 0 Å². The summed E-state index contributed by atoms with van der Waals surface area (Å²) in [5.41, 5.74) is 1.31. The minimum Gasteiger partial charge on any atom is -0.454 e. The van der Waals surface area contributed by atoms with E-state index in [2.05, 4.69) is 9.97 Å². The Kier molecular flexibility index (Phi) is 2.26. The van der Waals surface area contributed by atoms with Crippen molar-refractivity contribution >= 4 is 10.9 Å². The first-order valence-corrected chi connectivity index (χ1v) is 6.20.